The number of aliphatic hydroxyl groups is 1. The summed E-state index contributed by atoms with van der Waals surface area (Å²) in [5.41, 5.74) is 6.21. The van der Waals surface area contributed by atoms with Crippen LogP contribution in [0.2, 0.25) is 0 Å². The second-order valence-corrected chi connectivity index (χ2v) is 5.65. The molecule has 19 heavy (non-hydrogen) atoms. The maximum atomic E-state index is 9.85. The Labute approximate surface area is 122 Å². The van der Waals surface area contributed by atoms with Crippen LogP contribution >= 0.6 is 15.9 Å². The van der Waals surface area contributed by atoms with Crippen LogP contribution in [0.15, 0.2) is 16.6 Å². The van der Waals surface area contributed by atoms with Gasteiger partial charge in [-0.05, 0) is 43.4 Å². The third kappa shape index (κ3) is 3.41. The van der Waals surface area contributed by atoms with Crippen molar-refractivity contribution in [3.63, 3.8) is 0 Å². The largest absolute Gasteiger partial charge is 0.493 e. The standard InChI is InChI=1S/C14H20BrNO3/c1-18-13-6-10(12(17)8-16)11(15)7-14(13)19-9-4-2-3-5-9/h6-7,9,12,17H,2-5,8,16H2,1H3. The molecule has 0 aliphatic heterocycles. The summed E-state index contributed by atoms with van der Waals surface area (Å²) in [5, 5.41) is 9.85. The summed E-state index contributed by atoms with van der Waals surface area (Å²) in [7, 11) is 1.60. The Morgan fingerprint density at radius 2 is 2.05 bits per heavy atom. The third-order valence-electron chi connectivity index (χ3n) is 3.46. The van der Waals surface area contributed by atoms with Crippen molar-refractivity contribution >= 4 is 15.9 Å². The van der Waals surface area contributed by atoms with Gasteiger partial charge in [0.1, 0.15) is 0 Å². The zero-order valence-electron chi connectivity index (χ0n) is 11.1. The normalized spacial score (nSPS) is 17.5. The fourth-order valence-corrected chi connectivity index (χ4v) is 2.96. The molecule has 106 valence electrons. The minimum atomic E-state index is -0.705. The van der Waals surface area contributed by atoms with Crippen LogP contribution in [0.3, 0.4) is 0 Å². The molecule has 1 aromatic rings. The third-order valence-corrected chi connectivity index (χ3v) is 4.15. The Morgan fingerprint density at radius 3 is 2.63 bits per heavy atom. The van der Waals surface area contributed by atoms with Gasteiger partial charge in [0.25, 0.3) is 0 Å². The maximum Gasteiger partial charge on any atom is 0.162 e. The molecule has 1 fully saturated rings. The van der Waals surface area contributed by atoms with Gasteiger partial charge in [-0.3, -0.25) is 0 Å². The summed E-state index contributed by atoms with van der Waals surface area (Å²) in [6.07, 6.45) is 4.19. The highest BCUT2D eigenvalue weighted by Crippen LogP contribution is 2.38. The summed E-state index contributed by atoms with van der Waals surface area (Å²) >= 11 is 3.45. The van der Waals surface area contributed by atoms with Gasteiger partial charge in [0.15, 0.2) is 11.5 Å². The molecule has 1 aliphatic carbocycles. The van der Waals surface area contributed by atoms with Crippen LogP contribution in [-0.2, 0) is 0 Å². The molecule has 0 radical (unpaired) electrons. The van der Waals surface area contributed by atoms with Crippen molar-refractivity contribution in [1.82, 2.24) is 0 Å². The van der Waals surface area contributed by atoms with Gasteiger partial charge in [-0.25, -0.2) is 0 Å². The molecule has 0 bridgehead atoms. The quantitative estimate of drug-likeness (QED) is 0.871. The van der Waals surface area contributed by atoms with Crippen molar-refractivity contribution in [3.8, 4) is 11.5 Å². The number of benzene rings is 1. The van der Waals surface area contributed by atoms with Gasteiger partial charge < -0.3 is 20.3 Å². The smallest absolute Gasteiger partial charge is 0.162 e. The maximum absolute atomic E-state index is 9.85. The van der Waals surface area contributed by atoms with E-state index in [0.29, 0.717) is 11.5 Å². The van der Waals surface area contributed by atoms with Crippen LogP contribution in [-0.4, -0.2) is 24.9 Å². The average Bonchev–Trinajstić information content (AvgIpc) is 2.91. The van der Waals surface area contributed by atoms with Crippen LogP contribution in [0.25, 0.3) is 0 Å². The summed E-state index contributed by atoms with van der Waals surface area (Å²) in [6.45, 7) is 0.171. The number of aliphatic hydroxyl groups excluding tert-OH is 1. The van der Waals surface area contributed by atoms with E-state index in [-0.39, 0.29) is 12.6 Å². The van der Waals surface area contributed by atoms with Crippen molar-refractivity contribution in [2.75, 3.05) is 13.7 Å². The zero-order valence-corrected chi connectivity index (χ0v) is 12.6. The van der Waals surface area contributed by atoms with Crippen LogP contribution in [0.4, 0.5) is 0 Å². The van der Waals surface area contributed by atoms with Crippen LogP contribution in [0.1, 0.15) is 37.4 Å². The van der Waals surface area contributed by atoms with Crippen molar-refractivity contribution in [3.05, 3.63) is 22.2 Å². The molecule has 0 amide bonds. The Morgan fingerprint density at radius 1 is 1.37 bits per heavy atom. The minimum Gasteiger partial charge on any atom is -0.493 e. The lowest BCUT2D eigenvalue weighted by atomic mass is 10.1. The van der Waals surface area contributed by atoms with Gasteiger partial charge in [-0.2, -0.15) is 0 Å². The minimum absolute atomic E-state index is 0.171. The second-order valence-electron chi connectivity index (χ2n) is 4.80. The number of hydrogen-bond donors (Lipinski definition) is 2. The predicted octanol–water partition coefficient (Wildman–Crippen LogP) is 2.77. The molecule has 1 aliphatic rings. The van der Waals surface area contributed by atoms with Crippen LogP contribution in [0, 0.1) is 0 Å². The summed E-state index contributed by atoms with van der Waals surface area (Å²) < 4.78 is 12.1. The highest BCUT2D eigenvalue weighted by molar-refractivity contribution is 9.10. The van der Waals surface area contributed by atoms with Crippen molar-refractivity contribution in [1.29, 1.82) is 0 Å². The van der Waals surface area contributed by atoms with E-state index >= 15 is 0 Å². The van der Waals surface area contributed by atoms with Gasteiger partial charge >= 0.3 is 0 Å². The lowest BCUT2D eigenvalue weighted by Crippen LogP contribution is -2.14. The predicted molar refractivity (Wildman–Crippen MR) is 77.6 cm³/mol. The molecule has 1 aromatic carbocycles. The van der Waals surface area contributed by atoms with Gasteiger partial charge in [0.2, 0.25) is 0 Å². The van der Waals surface area contributed by atoms with Crippen molar-refractivity contribution < 1.29 is 14.6 Å². The molecule has 2 rings (SSSR count). The molecule has 1 saturated carbocycles. The van der Waals surface area contributed by atoms with E-state index in [9.17, 15) is 5.11 Å². The number of methoxy groups -OCH3 is 1. The number of hydrogen-bond acceptors (Lipinski definition) is 4. The van der Waals surface area contributed by atoms with Gasteiger partial charge in [0.05, 0.1) is 19.3 Å². The second kappa shape index (κ2) is 6.59. The molecule has 1 atom stereocenters. The molecular weight excluding hydrogens is 310 g/mol. The fraction of sp³-hybridized carbons (Fsp3) is 0.571. The SMILES string of the molecule is COc1cc(C(O)CN)c(Br)cc1OC1CCCC1. The Bertz CT molecular complexity index is 433. The zero-order chi connectivity index (χ0) is 13.8. The summed E-state index contributed by atoms with van der Waals surface area (Å²) in [5.74, 6) is 1.35. The summed E-state index contributed by atoms with van der Waals surface area (Å²) in [4.78, 5) is 0. The average molecular weight is 330 g/mol. The van der Waals surface area contributed by atoms with E-state index in [1.165, 1.54) is 12.8 Å². The van der Waals surface area contributed by atoms with E-state index in [2.05, 4.69) is 15.9 Å². The van der Waals surface area contributed by atoms with Gasteiger partial charge in [0, 0.05) is 11.0 Å². The summed E-state index contributed by atoms with van der Waals surface area (Å²) in [6, 6.07) is 3.64. The van der Waals surface area contributed by atoms with E-state index in [4.69, 9.17) is 15.2 Å². The molecule has 0 spiro atoms. The lowest BCUT2D eigenvalue weighted by Gasteiger charge is -2.19. The van der Waals surface area contributed by atoms with Crippen molar-refractivity contribution in [2.24, 2.45) is 5.73 Å². The Balaban J connectivity index is 2.25. The Kier molecular flexibility index (Phi) is 5.07. The molecule has 0 saturated heterocycles. The first-order chi connectivity index (χ1) is 9.15. The van der Waals surface area contributed by atoms with E-state index in [1.54, 1.807) is 13.2 Å². The fourth-order valence-electron chi connectivity index (χ4n) is 2.37. The van der Waals surface area contributed by atoms with Crippen molar-refractivity contribution in [2.45, 2.75) is 37.9 Å². The van der Waals surface area contributed by atoms with Crippen LogP contribution < -0.4 is 15.2 Å². The Hall–Kier alpha value is -0.780. The first-order valence-electron chi connectivity index (χ1n) is 6.58. The molecule has 3 N–H and O–H groups in total. The topological polar surface area (TPSA) is 64.7 Å². The molecule has 5 heteroatoms. The highest BCUT2D eigenvalue weighted by atomic mass is 79.9. The molecule has 4 nitrogen and oxygen atoms in total. The van der Waals surface area contributed by atoms with E-state index < -0.39 is 6.10 Å². The number of ether oxygens (including phenoxy) is 2. The molecular formula is C14H20BrNO3. The molecule has 1 unspecified atom stereocenters. The first-order valence-corrected chi connectivity index (χ1v) is 7.37. The molecule has 0 heterocycles. The highest BCUT2D eigenvalue weighted by Gasteiger charge is 2.20. The van der Waals surface area contributed by atoms with Gasteiger partial charge in [-0.1, -0.05) is 15.9 Å². The van der Waals surface area contributed by atoms with Gasteiger partial charge in [-0.15, -0.1) is 0 Å². The number of nitrogens with two attached hydrogens (primary N) is 1. The van der Waals surface area contributed by atoms with E-state index in [1.807, 2.05) is 6.07 Å². The van der Waals surface area contributed by atoms with Crippen LogP contribution in [0.5, 0.6) is 11.5 Å². The first kappa shape index (κ1) is 14.6. The van der Waals surface area contributed by atoms with E-state index in [0.717, 1.165) is 22.9 Å². The monoisotopic (exact) mass is 329 g/mol. The number of rotatable bonds is 5. The number of halogens is 1. The lowest BCUT2D eigenvalue weighted by molar-refractivity contribution is 0.183. The molecule has 0 aromatic heterocycles.